The fraction of sp³-hybridized carbons (Fsp3) is 0.944. The van der Waals surface area contributed by atoms with E-state index in [4.69, 9.17) is 9.47 Å². The summed E-state index contributed by atoms with van der Waals surface area (Å²) in [6, 6.07) is 0. The normalized spacial score (nSPS) is 12.7. The Labute approximate surface area is 137 Å². The van der Waals surface area contributed by atoms with Gasteiger partial charge in [-0.15, -0.1) is 0 Å². The molecule has 0 bridgehead atoms. The van der Waals surface area contributed by atoms with Crippen molar-refractivity contribution in [3.63, 3.8) is 0 Å². The molecule has 0 aromatic carbocycles. The fourth-order valence-electron chi connectivity index (χ4n) is 1.94. The molecule has 4 nitrogen and oxygen atoms in total. The van der Waals surface area contributed by atoms with Crippen LogP contribution in [0.25, 0.3) is 0 Å². The largest absolute Gasteiger partial charge is 0.376 e. The van der Waals surface area contributed by atoms with Gasteiger partial charge in [-0.25, -0.2) is 0 Å². The molecule has 0 fully saturated rings. The zero-order valence-electron chi connectivity index (χ0n) is 15.8. The highest BCUT2D eigenvalue weighted by Crippen LogP contribution is 2.24. The van der Waals surface area contributed by atoms with E-state index in [1.807, 2.05) is 13.8 Å². The molecule has 0 aliphatic heterocycles. The monoisotopic (exact) mass is 315 g/mol. The van der Waals surface area contributed by atoms with Crippen molar-refractivity contribution in [2.45, 2.75) is 85.4 Å². The number of hydrogen-bond acceptors (Lipinski definition) is 3. The molecule has 0 rings (SSSR count). The lowest BCUT2D eigenvalue weighted by Crippen LogP contribution is -2.35. The van der Waals surface area contributed by atoms with Gasteiger partial charge in [0, 0.05) is 19.1 Å². The van der Waals surface area contributed by atoms with Crippen LogP contribution in [0.3, 0.4) is 0 Å². The Morgan fingerprint density at radius 2 is 1.50 bits per heavy atom. The molecular weight excluding hydrogens is 278 g/mol. The van der Waals surface area contributed by atoms with Crippen LogP contribution in [-0.4, -0.2) is 36.9 Å². The number of carbonyl (C=O) groups excluding carboxylic acids is 1. The average molecular weight is 315 g/mol. The van der Waals surface area contributed by atoms with E-state index in [0.717, 1.165) is 32.3 Å². The summed E-state index contributed by atoms with van der Waals surface area (Å²) >= 11 is 0. The summed E-state index contributed by atoms with van der Waals surface area (Å²) in [5, 5.41) is 2.87. The molecular formula is C18H37NO3. The van der Waals surface area contributed by atoms with E-state index >= 15 is 0 Å². The second kappa shape index (κ2) is 10.2. The summed E-state index contributed by atoms with van der Waals surface area (Å²) in [5.41, 5.74) is -0.310. The molecule has 0 aromatic heterocycles. The molecule has 0 unspecified atom stereocenters. The number of hydrogen-bond donors (Lipinski definition) is 1. The van der Waals surface area contributed by atoms with Gasteiger partial charge in [0.15, 0.2) is 0 Å². The van der Waals surface area contributed by atoms with Crippen LogP contribution in [-0.2, 0) is 14.3 Å². The summed E-state index contributed by atoms with van der Waals surface area (Å²) in [5.74, 6) is 0.0981. The molecule has 0 atom stereocenters. The Bertz CT molecular complexity index is 311. The molecule has 0 aliphatic rings. The SMILES string of the molecule is CCCCOC(C)(C)CCC(C)(C)OCCNC(=O)C(C)C. The van der Waals surface area contributed by atoms with Gasteiger partial charge >= 0.3 is 0 Å². The first-order valence-corrected chi connectivity index (χ1v) is 8.65. The number of ether oxygens (including phenoxy) is 2. The van der Waals surface area contributed by atoms with Gasteiger partial charge in [-0.3, -0.25) is 4.79 Å². The van der Waals surface area contributed by atoms with Gasteiger partial charge in [0.1, 0.15) is 0 Å². The predicted octanol–water partition coefficient (Wildman–Crippen LogP) is 3.93. The maximum Gasteiger partial charge on any atom is 0.222 e. The molecule has 22 heavy (non-hydrogen) atoms. The van der Waals surface area contributed by atoms with Crippen molar-refractivity contribution >= 4 is 5.91 Å². The Balaban J connectivity index is 3.95. The highest BCUT2D eigenvalue weighted by molar-refractivity contribution is 5.77. The standard InChI is InChI=1S/C18H37NO3/c1-8-9-13-21-17(4,5)10-11-18(6,7)22-14-12-19-16(20)15(2)3/h15H,8-14H2,1-7H3,(H,19,20). The van der Waals surface area contributed by atoms with Crippen LogP contribution in [0.1, 0.15) is 74.1 Å². The number of unbranched alkanes of at least 4 members (excludes halogenated alkanes) is 1. The van der Waals surface area contributed by atoms with Crippen molar-refractivity contribution in [3.8, 4) is 0 Å². The molecule has 0 radical (unpaired) electrons. The van der Waals surface area contributed by atoms with Gasteiger partial charge in [0.2, 0.25) is 5.91 Å². The van der Waals surface area contributed by atoms with E-state index in [9.17, 15) is 4.79 Å². The lowest BCUT2D eigenvalue weighted by Gasteiger charge is -2.31. The quantitative estimate of drug-likeness (QED) is 0.555. The smallest absolute Gasteiger partial charge is 0.222 e. The van der Waals surface area contributed by atoms with Crippen LogP contribution in [0.4, 0.5) is 0 Å². The Hall–Kier alpha value is -0.610. The van der Waals surface area contributed by atoms with Gasteiger partial charge in [-0.05, 0) is 47.0 Å². The summed E-state index contributed by atoms with van der Waals surface area (Å²) < 4.78 is 11.8. The minimum Gasteiger partial charge on any atom is -0.376 e. The number of amides is 1. The van der Waals surface area contributed by atoms with Crippen LogP contribution in [0.5, 0.6) is 0 Å². The van der Waals surface area contributed by atoms with E-state index in [1.54, 1.807) is 0 Å². The maximum absolute atomic E-state index is 11.5. The molecule has 0 saturated carbocycles. The Morgan fingerprint density at radius 3 is 1.95 bits per heavy atom. The molecule has 0 aliphatic carbocycles. The second-order valence-corrected chi connectivity index (χ2v) is 7.52. The van der Waals surface area contributed by atoms with Gasteiger partial charge in [-0.2, -0.15) is 0 Å². The van der Waals surface area contributed by atoms with Gasteiger partial charge in [0.25, 0.3) is 0 Å². The van der Waals surface area contributed by atoms with Crippen molar-refractivity contribution in [1.82, 2.24) is 5.32 Å². The molecule has 0 aromatic rings. The van der Waals surface area contributed by atoms with Crippen molar-refractivity contribution < 1.29 is 14.3 Å². The zero-order chi connectivity index (χ0) is 17.2. The van der Waals surface area contributed by atoms with E-state index < -0.39 is 0 Å². The summed E-state index contributed by atoms with van der Waals surface area (Å²) in [4.78, 5) is 11.5. The van der Waals surface area contributed by atoms with Crippen molar-refractivity contribution in [3.05, 3.63) is 0 Å². The molecule has 0 saturated heterocycles. The van der Waals surface area contributed by atoms with Crippen LogP contribution in [0.15, 0.2) is 0 Å². The minimum atomic E-state index is -0.200. The van der Waals surface area contributed by atoms with E-state index in [0.29, 0.717) is 13.2 Å². The second-order valence-electron chi connectivity index (χ2n) is 7.52. The summed E-state index contributed by atoms with van der Waals surface area (Å²) in [7, 11) is 0. The van der Waals surface area contributed by atoms with Crippen molar-refractivity contribution in [1.29, 1.82) is 0 Å². The minimum absolute atomic E-state index is 0.0223. The lowest BCUT2D eigenvalue weighted by atomic mass is 9.93. The van der Waals surface area contributed by atoms with Crippen LogP contribution in [0, 0.1) is 5.92 Å². The van der Waals surface area contributed by atoms with Crippen molar-refractivity contribution in [2.75, 3.05) is 19.8 Å². The third kappa shape index (κ3) is 11.0. The van der Waals surface area contributed by atoms with E-state index in [2.05, 4.69) is 39.9 Å². The molecule has 132 valence electrons. The number of nitrogens with one attached hydrogen (secondary N) is 1. The molecule has 1 amide bonds. The zero-order valence-corrected chi connectivity index (χ0v) is 15.8. The maximum atomic E-state index is 11.5. The van der Waals surface area contributed by atoms with Crippen LogP contribution >= 0.6 is 0 Å². The first-order chi connectivity index (χ1) is 10.1. The van der Waals surface area contributed by atoms with Gasteiger partial charge in [0.05, 0.1) is 17.8 Å². The fourth-order valence-corrected chi connectivity index (χ4v) is 1.94. The topological polar surface area (TPSA) is 47.6 Å². The van der Waals surface area contributed by atoms with Gasteiger partial charge < -0.3 is 14.8 Å². The molecule has 0 heterocycles. The Morgan fingerprint density at radius 1 is 1.00 bits per heavy atom. The van der Waals surface area contributed by atoms with Gasteiger partial charge in [-0.1, -0.05) is 27.2 Å². The molecule has 1 N–H and O–H groups in total. The first-order valence-electron chi connectivity index (χ1n) is 8.65. The molecule has 0 spiro atoms. The highest BCUT2D eigenvalue weighted by Gasteiger charge is 2.25. The number of carbonyl (C=O) groups is 1. The summed E-state index contributed by atoms with van der Waals surface area (Å²) in [6.45, 7) is 16.4. The third-order valence-corrected chi connectivity index (χ3v) is 3.74. The highest BCUT2D eigenvalue weighted by atomic mass is 16.5. The van der Waals surface area contributed by atoms with E-state index in [-0.39, 0.29) is 23.0 Å². The lowest BCUT2D eigenvalue weighted by molar-refractivity contribution is -0.124. The Kier molecular flexibility index (Phi) is 9.94. The summed E-state index contributed by atoms with van der Waals surface area (Å²) in [6.07, 6.45) is 4.16. The number of rotatable bonds is 12. The average Bonchev–Trinajstić information content (AvgIpc) is 2.41. The molecule has 4 heteroatoms. The van der Waals surface area contributed by atoms with Crippen LogP contribution in [0.2, 0.25) is 0 Å². The van der Waals surface area contributed by atoms with Crippen molar-refractivity contribution in [2.24, 2.45) is 5.92 Å². The predicted molar refractivity (Wildman–Crippen MR) is 92.1 cm³/mol. The third-order valence-electron chi connectivity index (χ3n) is 3.74. The van der Waals surface area contributed by atoms with Crippen LogP contribution < -0.4 is 5.32 Å². The first kappa shape index (κ1) is 21.4. The van der Waals surface area contributed by atoms with E-state index in [1.165, 1.54) is 0 Å².